The summed E-state index contributed by atoms with van der Waals surface area (Å²) in [7, 11) is 0. The Morgan fingerprint density at radius 2 is 1.70 bits per heavy atom. The molecule has 0 aromatic carbocycles. The first-order valence-electron chi connectivity index (χ1n) is 8.76. The number of hydrogen-bond donors (Lipinski definition) is 2. The lowest BCUT2D eigenvalue weighted by atomic mass is 10.1. The highest BCUT2D eigenvalue weighted by molar-refractivity contribution is 5.86. The van der Waals surface area contributed by atoms with Crippen molar-refractivity contribution in [1.29, 1.82) is 0 Å². The summed E-state index contributed by atoms with van der Waals surface area (Å²) in [4.78, 5) is 29.4. The Hall–Kier alpha value is -1.34. The van der Waals surface area contributed by atoms with E-state index in [0.29, 0.717) is 19.1 Å². The Kier molecular flexibility index (Phi) is 5.06. The molecular weight excluding hydrogens is 298 g/mol. The number of rotatable bonds is 2. The molecule has 2 aliphatic heterocycles. The number of aliphatic hydroxyl groups is 1. The lowest BCUT2D eigenvalue weighted by molar-refractivity contribution is -0.135. The Morgan fingerprint density at radius 1 is 0.957 bits per heavy atom. The molecule has 2 saturated heterocycles. The third-order valence-electron chi connectivity index (χ3n) is 5.49. The van der Waals surface area contributed by atoms with Crippen LogP contribution in [-0.4, -0.2) is 87.8 Å². The molecule has 23 heavy (non-hydrogen) atoms. The standard InChI is InChI=1S/C16H27N3O4/c20-13-10-14(19(11-13)16(22)23)15(21)18-7-3-6-17(8-9-18)12-4-1-2-5-12/h12-14,20H,1-11H2,(H,22,23)/t13-,14-/m1/s1. The van der Waals surface area contributed by atoms with Gasteiger partial charge >= 0.3 is 6.09 Å². The van der Waals surface area contributed by atoms with Gasteiger partial charge in [-0.25, -0.2) is 4.79 Å². The van der Waals surface area contributed by atoms with Crippen molar-refractivity contribution in [3.8, 4) is 0 Å². The summed E-state index contributed by atoms with van der Waals surface area (Å²) in [5, 5.41) is 18.9. The minimum atomic E-state index is -1.12. The van der Waals surface area contributed by atoms with Gasteiger partial charge in [0.05, 0.1) is 12.6 Å². The number of carboxylic acid groups (broad SMARTS) is 1. The predicted octanol–water partition coefficient (Wildman–Crippen LogP) is 0.577. The summed E-state index contributed by atoms with van der Waals surface area (Å²) in [6, 6.07) is -0.0607. The Labute approximate surface area is 136 Å². The maximum Gasteiger partial charge on any atom is 0.408 e. The van der Waals surface area contributed by atoms with Gasteiger partial charge in [-0.1, -0.05) is 12.8 Å². The lowest BCUT2D eigenvalue weighted by Gasteiger charge is -2.29. The zero-order valence-corrected chi connectivity index (χ0v) is 13.6. The number of carbonyl (C=O) groups is 2. The number of amides is 2. The monoisotopic (exact) mass is 325 g/mol. The van der Waals surface area contributed by atoms with Gasteiger partial charge in [-0.05, 0) is 19.3 Å². The molecule has 1 saturated carbocycles. The van der Waals surface area contributed by atoms with Crippen molar-refractivity contribution in [3.05, 3.63) is 0 Å². The highest BCUT2D eigenvalue weighted by Crippen LogP contribution is 2.25. The first kappa shape index (κ1) is 16.5. The highest BCUT2D eigenvalue weighted by Gasteiger charge is 2.41. The summed E-state index contributed by atoms with van der Waals surface area (Å²) in [6.45, 7) is 3.27. The number of β-amino-alcohol motifs (C(OH)–C–C–N with tert-alkyl or cyclic N) is 1. The fraction of sp³-hybridized carbons (Fsp3) is 0.875. The van der Waals surface area contributed by atoms with Crippen molar-refractivity contribution < 1.29 is 19.8 Å². The Bertz CT molecular complexity index is 453. The third-order valence-corrected chi connectivity index (χ3v) is 5.49. The zero-order chi connectivity index (χ0) is 16.4. The van der Waals surface area contributed by atoms with E-state index in [1.165, 1.54) is 25.7 Å². The molecule has 0 bridgehead atoms. The molecule has 130 valence electrons. The Balaban J connectivity index is 1.60. The molecule has 7 nitrogen and oxygen atoms in total. The molecule has 3 aliphatic rings. The average Bonchev–Trinajstić information content (AvgIpc) is 3.11. The molecule has 2 amide bonds. The molecule has 0 radical (unpaired) electrons. The van der Waals surface area contributed by atoms with Gasteiger partial charge in [0.1, 0.15) is 6.04 Å². The summed E-state index contributed by atoms with van der Waals surface area (Å²) in [5.41, 5.74) is 0. The van der Waals surface area contributed by atoms with Gasteiger partial charge in [-0.15, -0.1) is 0 Å². The van der Waals surface area contributed by atoms with Crippen molar-refractivity contribution in [2.45, 2.75) is 56.7 Å². The van der Waals surface area contributed by atoms with E-state index in [2.05, 4.69) is 4.90 Å². The first-order chi connectivity index (χ1) is 11.1. The molecular formula is C16H27N3O4. The third kappa shape index (κ3) is 3.61. The average molecular weight is 325 g/mol. The van der Waals surface area contributed by atoms with E-state index in [0.717, 1.165) is 24.4 Å². The summed E-state index contributed by atoms with van der Waals surface area (Å²) < 4.78 is 0. The van der Waals surface area contributed by atoms with E-state index in [4.69, 9.17) is 0 Å². The molecule has 0 spiro atoms. The SMILES string of the molecule is O=C([C@H]1C[C@@H](O)CN1C(=O)O)N1CCCN(C2CCCC2)CC1. The van der Waals surface area contributed by atoms with Crippen LogP contribution in [0.25, 0.3) is 0 Å². The van der Waals surface area contributed by atoms with Crippen LogP contribution in [0.5, 0.6) is 0 Å². The largest absolute Gasteiger partial charge is 0.465 e. The second-order valence-electron chi connectivity index (χ2n) is 6.99. The van der Waals surface area contributed by atoms with Gasteiger partial charge in [0.2, 0.25) is 5.91 Å². The van der Waals surface area contributed by atoms with Crippen molar-refractivity contribution in [1.82, 2.24) is 14.7 Å². The second kappa shape index (κ2) is 7.05. The van der Waals surface area contributed by atoms with Crippen LogP contribution >= 0.6 is 0 Å². The van der Waals surface area contributed by atoms with Crippen molar-refractivity contribution in [2.24, 2.45) is 0 Å². The number of likely N-dealkylation sites (tertiary alicyclic amines) is 1. The quantitative estimate of drug-likeness (QED) is 0.776. The minimum absolute atomic E-state index is 0.0355. The molecule has 2 heterocycles. The molecule has 2 atom stereocenters. The lowest BCUT2D eigenvalue weighted by Crippen LogP contribution is -2.48. The fourth-order valence-electron chi connectivity index (χ4n) is 4.26. The fourth-order valence-corrected chi connectivity index (χ4v) is 4.26. The van der Waals surface area contributed by atoms with E-state index in [1.54, 1.807) is 4.90 Å². The van der Waals surface area contributed by atoms with Gasteiger partial charge in [-0.3, -0.25) is 14.6 Å². The van der Waals surface area contributed by atoms with Crippen molar-refractivity contribution in [2.75, 3.05) is 32.7 Å². The zero-order valence-electron chi connectivity index (χ0n) is 13.6. The maximum atomic E-state index is 12.7. The van der Waals surface area contributed by atoms with Crippen LogP contribution in [0.15, 0.2) is 0 Å². The summed E-state index contributed by atoms with van der Waals surface area (Å²) in [5.74, 6) is -0.141. The van der Waals surface area contributed by atoms with Crippen LogP contribution in [0.4, 0.5) is 4.79 Å². The van der Waals surface area contributed by atoms with Crippen LogP contribution in [0.3, 0.4) is 0 Å². The van der Waals surface area contributed by atoms with Gasteiger partial charge in [0.15, 0.2) is 0 Å². The Morgan fingerprint density at radius 3 is 2.39 bits per heavy atom. The number of carbonyl (C=O) groups excluding carboxylic acids is 1. The second-order valence-corrected chi connectivity index (χ2v) is 6.99. The van der Waals surface area contributed by atoms with Crippen LogP contribution < -0.4 is 0 Å². The van der Waals surface area contributed by atoms with Gasteiger partial charge in [-0.2, -0.15) is 0 Å². The van der Waals surface area contributed by atoms with Crippen LogP contribution in [0, 0.1) is 0 Å². The van der Waals surface area contributed by atoms with Crippen LogP contribution in [0.2, 0.25) is 0 Å². The van der Waals surface area contributed by atoms with Crippen LogP contribution in [0.1, 0.15) is 38.5 Å². The molecule has 0 aromatic heterocycles. The topological polar surface area (TPSA) is 84.3 Å². The maximum absolute atomic E-state index is 12.7. The highest BCUT2D eigenvalue weighted by atomic mass is 16.4. The van der Waals surface area contributed by atoms with Gasteiger partial charge < -0.3 is 15.1 Å². The summed E-state index contributed by atoms with van der Waals surface area (Å²) >= 11 is 0. The molecule has 1 aliphatic carbocycles. The van der Waals surface area contributed by atoms with E-state index in [9.17, 15) is 19.8 Å². The molecule has 2 N–H and O–H groups in total. The molecule has 0 unspecified atom stereocenters. The van der Waals surface area contributed by atoms with E-state index in [1.807, 2.05) is 0 Å². The molecule has 7 heteroatoms. The predicted molar refractivity (Wildman–Crippen MR) is 84.2 cm³/mol. The number of hydrogen-bond acceptors (Lipinski definition) is 4. The number of aliphatic hydroxyl groups excluding tert-OH is 1. The molecule has 3 fully saturated rings. The molecule has 0 aromatic rings. The van der Waals surface area contributed by atoms with E-state index in [-0.39, 0.29) is 18.9 Å². The van der Waals surface area contributed by atoms with Gasteiger partial charge in [0, 0.05) is 38.6 Å². The van der Waals surface area contributed by atoms with Gasteiger partial charge in [0.25, 0.3) is 0 Å². The van der Waals surface area contributed by atoms with E-state index >= 15 is 0 Å². The number of nitrogens with zero attached hydrogens (tertiary/aromatic N) is 3. The normalized spacial score (nSPS) is 30.7. The first-order valence-corrected chi connectivity index (χ1v) is 8.76. The van der Waals surface area contributed by atoms with Crippen molar-refractivity contribution in [3.63, 3.8) is 0 Å². The van der Waals surface area contributed by atoms with E-state index < -0.39 is 18.2 Å². The minimum Gasteiger partial charge on any atom is -0.465 e. The van der Waals surface area contributed by atoms with Crippen LogP contribution in [-0.2, 0) is 4.79 Å². The van der Waals surface area contributed by atoms with Crippen molar-refractivity contribution >= 4 is 12.0 Å². The summed E-state index contributed by atoms with van der Waals surface area (Å²) in [6.07, 6.45) is 4.42. The molecule has 3 rings (SSSR count). The smallest absolute Gasteiger partial charge is 0.408 e.